The number of halogens is 1. The summed E-state index contributed by atoms with van der Waals surface area (Å²) >= 11 is 3.27. The molecule has 0 amide bonds. The molecule has 6 nitrogen and oxygen atoms in total. The van der Waals surface area contributed by atoms with Crippen LogP contribution in [0.2, 0.25) is 0 Å². The van der Waals surface area contributed by atoms with Crippen LogP contribution < -0.4 is 9.44 Å². The predicted octanol–water partition coefficient (Wildman–Crippen LogP) is 3.17. The number of rotatable bonds is 6. The normalized spacial score (nSPS) is 13.4. The first-order valence-electron chi connectivity index (χ1n) is 7.35. The van der Waals surface area contributed by atoms with Gasteiger partial charge in [-0.25, -0.2) is 21.6 Å². The molecular formula is C16H19BrN2O4S2. The van der Waals surface area contributed by atoms with Crippen molar-refractivity contribution >= 4 is 41.7 Å². The van der Waals surface area contributed by atoms with Crippen molar-refractivity contribution in [1.82, 2.24) is 4.72 Å². The third-order valence-electron chi connectivity index (χ3n) is 3.43. The molecule has 2 N–H and O–H groups in total. The highest BCUT2D eigenvalue weighted by atomic mass is 79.9. The van der Waals surface area contributed by atoms with Crippen LogP contribution in [0.4, 0.5) is 5.69 Å². The molecule has 0 saturated heterocycles. The lowest BCUT2D eigenvalue weighted by molar-refractivity contribution is 0.567. The summed E-state index contributed by atoms with van der Waals surface area (Å²) in [6.45, 7) is 3.52. The zero-order chi connectivity index (χ0) is 18.8. The van der Waals surface area contributed by atoms with Crippen molar-refractivity contribution in [2.24, 2.45) is 0 Å². The van der Waals surface area contributed by atoms with Gasteiger partial charge in [-0.2, -0.15) is 0 Å². The van der Waals surface area contributed by atoms with E-state index in [1.165, 1.54) is 6.07 Å². The molecule has 1 unspecified atom stereocenters. The van der Waals surface area contributed by atoms with Gasteiger partial charge in [-0.1, -0.05) is 24.3 Å². The van der Waals surface area contributed by atoms with E-state index in [-0.39, 0.29) is 4.90 Å². The van der Waals surface area contributed by atoms with Crippen LogP contribution in [0.25, 0.3) is 0 Å². The van der Waals surface area contributed by atoms with E-state index in [1.54, 1.807) is 43.3 Å². The van der Waals surface area contributed by atoms with Crippen molar-refractivity contribution in [3.63, 3.8) is 0 Å². The van der Waals surface area contributed by atoms with Gasteiger partial charge in [-0.05, 0) is 59.1 Å². The van der Waals surface area contributed by atoms with Crippen LogP contribution in [0, 0.1) is 6.92 Å². The van der Waals surface area contributed by atoms with Crippen molar-refractivity contribution < 1.29 is 16.8 Å². The number of aryl methyl sites for hydroxylation is 1. The van der Waals surface area contributed by atoms with Gasteiger partial charge in [0.1, 0.15) is 0 Å². The zero-order valence-electron chi connectivity index (χ0n) is 13.9. The van der Waals surface area contributed by atoms with Crippen LogP contribution in [0.15, 0.2) is 51.8 Å². The third kappa shape index (κ3) is 5.27. The average molecular weight is 447 g/mol. The highest BCUT2D eigenvalue weighted by Crippen LogP contribution is 2.27. The number of sulfonamides is 2. The Balaban J connectivity index is 2.35. The van der Waals surface area contributed by atoms with E-state index >= 15 is 0 Å². The number of anilines is 1. The van der Waals surface area contributed by atoms with Crippen molar-refractivity contribution in [1.29, 1.82) is 0 Å². The molecule has 0 fully saturated rings. The summed E-state index contributed by atoms with van der Waals surface area (Å²) in [5.74, 6) is 0. The van der Waals surface area contributed by atoms with Gasteiger partial charge in [0.05, 0.1) is 16.8 Å². The molecule has 0 aliphatic rings. The van der Waals surface area contributed by atoms with Gasteiger partial charge >= 0.3 is 0 Å². The van der Waals surface area contributed by atoms with E-state index < -0.39 is 26.1 Å². The molecule has 0 aliphatic heterocycles. The highest BCUT2D eigenvalue weighted by Gasteiger charge is 2.22. The highest BCUT2D eigenvalue weighted by molar-refractivity contribution is 9.10. The molecule has 0 aromatic heterocycles. The summed E-state index contributed by atoms with van der Waals surface area (Å²) in [6.07, 6.45) is 1.04. The molecule has 2 aromatic rings. The van der Waals surface area contributed by atoms with Crippen molar-refractivity contribution in [3.8, 4) is 0 Å². The third-order valence-corrected chi connectivity index (χ3v) is 6.54. The average Bonchev–Trinajstić information content (AvgIpc) is 2.45. The van der Waals surface area contributed by atoms with Crippen LogP contribution in [-0.4, -0.2) is 23.1 Å². The molecule has 0 bridgehead atoms. The summed E-state index contributed by atoms with van der Waals surface area (Å²) < 4.78 is 53.8. The molecular weight excluding hydrogens is 428 g/mol. The van der Waals surface area contributed by atoms with Crippen LogP contribution >= 0.6 is 15.9 Å². The van der Waals surface area contributed by atoms with Crippen LogP contribution in [0.5, 0.6) is 0 Å². The maximum absolute atomic E-state index is 12.7. The fourth-order valence-corrected chi connectivity index (χ4v) is 5.35. The Hall–Kier alpha value is -1.42. The Labute approximate surface area is 156 Å². The largest absolute Gasteiger partial charge is 0.283 e. The molecule has 0 aliphatic carbocycles. The second-order valence-corrected chi connectivity index (χ2v) is 10.0. The first kappa shape index (κ1) is 19.9. The molecule has 136 valence electrons. The molecule has 9 heteroatoms. The van der Waals surface area contributed by atoms with E-state index in [0.717, 1.165) is 11.8 Å². The fourth-order valence-electron chi connectivity index (χ4n) is 2.35. The maximum atomic E-state index is 12.7. The maximum Gasteiger partial charge on any atom is 0.242 e. The van der Waals surface area contributed by atoms with Gasteiger partial charge in [-0.15, -0.1) is 0 Å². The van der Waals surface area contributed by atoms with Crippen LogP contribution in [0.3, 0.4) is 0 Å². The summed E-state index contributed by atoms with van der Waals surface area (Å²) in [5, 5.41) is 0. The standard InChI is InChI=1S/C16H19BrN2O4S2/c1-11-8-9-16(14(17)10-11)25(22,23)18-12(2)13-6-4-5-7-15(13)19-24(3,20)21/h4-10,12,18-19H,1-3H3. The van der Waals surface area contributed by atoms with Crippen molar-refractivity contribution in [2.45, 2.75) is 24.8 Å². The molecule has 25 heavy (non-hydrogen) atoms. The number of hydrogen-bond donors (Lipinski definition) is 2. The van der Waals surface area contributed by atoms with E-state index in [1.807, 2.05) is 6.92 Å². The number of para-hydroxylation sites is 1. The quantitative estimate of drug-likeness (QED) is 0.712. The van der Waals surface area contributed by atoms with E-state index in [9.17, 15) is 16.8 Å². The second kappa shape index (κ2) is 7.45. The summed E-state index contributed by atoms with van der Waals surface area (Å²) in [6, 6.07) is 11.0. The van der Waals surface area contributed by atoms with Crippen LogP contribution in [0.1, 0.15) is 24.1 Å². The van der Waals surface area contributed by atoms with Gasteiger partial charge in [0.2, 0.25) is 20.0 Å². The Kier molecular flexibility index (Phi) is 5.93. The van der Waals surface area contributed by atoms with Crippen molar-refractivity contribution in [3.05, 3.63) is 58.1 Å². The fraction of sp³-hybridized carbons (Fsp3) is 0.250. The zero-order valence-corrected chi connectivity index (χ0v) is 17.2. The van der Waals surface area contributed by atoms with Crippen molar-refractivity contribution in [2.75, 3.05) is 11.0 Å². The second-order valence-electron chi connectivity index (χ2n) is 5.74. The van der Waals surface area contributed by atoms with Crippen LogP contribution in [-0.2, 0) is 20.0 Å². The number of nitrogens with one attached hydrogen (secondary N) is 2. The molecule has 0 heterocycles. The summed E-state index contributed by atoms with van der Waals surface area (Å²) in [5.41, 5.74) is 1.80. The number of benzene rings is 2. The smallest absolute Gasteiger partial charge is 0.242 e. The molecule has 2 rings (SSSR count). The Morgan fingerprint density at radius 2 is 1.68 bits per heavy atom. The van der Waals surface area contributed by atoms with Gasteiger partial charge in [-0.3, -0.25) is 4.72 Å². The molecule has 0 radical (unpaired) electrons. The predicted molar refractivity (Wildman–Crippen MR) is 103 cm³/mol. The minimum atomic E-state index is -3.79. The van der Waals surface area contributed by atoms with E-state index in [0.29, 0.717) is 15.7 Å². The Morgan fingerprint density at radius 3 is 2.28 bits per heavy atom. The lowest BCUT2D eigenvalue weighted by atomic mass is 10.1. The topological polar surface area (TPSA) is 92.3 Å². The Morgan fingerprint density at radius 1 is 1.04 bits per heavy atom. The monoisotopic (exact) mass is 446 g/mol. The van der Waals surface area contributed by atoms with Gasteiger partial charge in [0, 0.05) is 10.5 Å². The molecule has 0 saturated carbocycles. The minimum Gasteiger partial charge on any atom is -0.283 e. The van der Waals surface area contributed by atoms with E-state index in [2.05, 4.69) is 25.4 Å². The molecule has 2 aromatic carbocycles. The lowest BCUT2D eigenvalue weighted by Gasteiger charge is -2.19. The van der Waals surface area contributed by atoms with Gasteiger partial charge in [0.25, 0.3) is 0 Å². The number of hydrogen-bond acceptors (Lipinski definition) is 4. The molecule has 1 atom stereocenters. The Bertz CT molecular complexity index is 989. The first-order valence-corrected chi connectivity index (χ1v) is 11.5. The van der Waals surface area contributed by atoms with Gasteiger partial charge in [0.15, 0.2) is 0 Å². The summed E-state index contributed by atoms with van der Waals surface area (Å²) in [4.78, 5) is 0.124. The SMILES string of the molecule is Cc1ccc(S(=O)(=O)NC(C)c2ccccc2NS(C)(=O)=O)c(Br)c1. The first-order chi connectivity index (χ1) is 11.5. The van der Waals surface area contributed by atoms with Gasteiger partial charge < -0.3 is 0 Å². The minimum absolute atomic E-state index is 0.124. The van der Waals surface area contributed by atoms with E-state index in [4.69, 9.17) is 0 Å². The molecule has 0 spiro atoms. The summed E-state index contributed by atoms with van der Waals surface area (Å²) in [7, 11) is -7.26. The lowest BCUT2D eigenvalue weighted by Crippen LogP contribution is -2.28.